The van der Waals surface area contributed by atoms with E-state index in [1.54, 1.807) is 22.3 Å². The molecule has 2 rings (SSSR count). The van der Waals surface area contributed by atoms with Crippen molar-refractivity contribution in [1.29, 1.82) is 0 Å². The summed E-state index contributed by atoms with van der Waals surface area (Å²) < 4.78 is 28.4. The Morgan fingerprint density at radius 3 is 2.95 bits per heavy atom. The molecule has 0 radical (unpaired) electrons. The zero-order valence-corrected chi connectivity index (χ0v) is 12.2. The SMILES string of the molecule is Cc1cnn(CCNS(=O)(=O)c2ccsc2CN)c1. The molecular weight excluding hydrogens is 284 g/mol. The van der Waals surface area contributed by atoms with E-state index >= 15 is 0 Å². The summed E-state index contributed by atoms with van der Waals surface area (Å²) in [7, 11) is -3.48. The van der Waals surface area contributed by atoms with Crippen LogP contribution in [0.25, 0.3) is 0 Å². The maximum atomic E-state index is 12.1. The van der Waals surface area contributed by atoms with Gasteiger partial charge in [-0.05, 0) is 23.9 Å². The molecule has 0 aliphatic carbocycles. The van der Waals surface area contributed by atoms with Crippen LogP contribution in [-0.4, -0.2) is 24.7 Å². The predicted molar refractivity (Wildman–Crippen MR) is 74.4 cm³/mol. The molecule has 0 unspecified atom stereocenters. The number of rotatable bonds is 6. The van der Waals surface area contributed by atoms with Crippen LogP contribution in [0.2, 0.25) is 0 Å². The highest BCUT2D eigenvalue weighted by Crippen LogP contribution is 2.20. The average Bonchev–Trinajstić information content (AvgIpc) is 2.97. The molecule has 0 atom stereocenters. The van der Waals surface area contributed by atoms with Gasteiger partial charge in [-0.15, -0.1) is 11.3 Å². The zero-order valence-electron chi connectivity index (χ0n) is 10.5. The van der Waals surface area contributed by atoms with Gasteiger partial charge in [0.1, 0.15) is 0 Å². The predicted octanol–water partition coefficient (Wildman–Crippen LogP) is 0.690. The highest BCUT2D eigenvalue weighted by molar-refractivity contribution is 7.89. The molecule has 0 aliphatic heterocycles. The zero-order chi connectivity index (χ0) is 13.9. The van der Waals surface area contributed by atoms with E-state index in [2.05, 4.69) is 9.82 Å². The summed E-state index contributed by atoms with van der Waals surface area (Å²) in [6, 6.07) is 1.58. The van der Waals surface area contributed by atoms with Gasteiger partial charge in [0.25, 0.3) is 0 Å². The number of hydrogen-bond donors (Lipinski definition) is 2. The third-order valence-electron chi connectivity index (χ3n) is 2.57. The number of aromatic nitrogens is 2. The summed E-state index contributed by atoms with van der Waals surface area (Å²) in [4.78, 5) is 0.944. The second-order valence-corrected chi connectivity index (χ2v) is 6.83. The van der Waals surface area contributed by atoms with Crippen LogP contribution in [0, 0.1) is 6.92 Å². The van der Waals surface area contributed by atoms with E-state index in [1.165, 1.54) is 11.3 Å². The Kier molecular flexibility index (Phi) is 4.35. The Morgan fingerprint density at radius 1 is 1.53 bits per heavy atom. The monoisotopic (exact) mass is 300 g/mol. The second kappa shape index (κ2) is 5.83. The molecule has 0 amide bonds. The fourth-order valence-electron chi connectivity index (χ4n) is 1.68. The minimum Gasteiger partial charge on any atom is -0.326 e. The summed E-state index contributed by atoms with van der Waals surface area (Å²) in [5.41, 5.74) is 6.57. The lowest BCUT2D eigenvalue weighted by molar-refractivity contribution is 0.560. The van der Waals surface area contributed by atoms with Gasteiger partial charge in [-0.2, -0.15) is 5.10 Å². The largest absolute Gasteiger partial charge is 0.326 e. The van der Waals surface area contributed by atoms with Gasteiger partial charge in [-0.1, -0.05) is 0 Å². The fraction of sp³-hybridized carbons (Fsp3) is 0.364. The van der Waals surface area contributed by atoms with E-state index < -0.39 is 10.0 Å². The minimum atomic E-state index is -3.48. The van der Waals surface area contributed by atoms with Crippen molar-refractivity contribution < 1.29 is 8.42 Å². The van der Waals surface area contributed by atoms with Crippen molar-refractivity contribution in [1.82, 2.24) is 14.5 Å². The lowest BCUT2D eigenvalue weighted by atomic mass is 10.4. The molecule has 0 spiro atoms. The van der Waals surface area contributed by atoms with Crippen molar-refractivity contribution in [2.75, 3.05) is 6.54 Å². The van der Waals surface area contributed by atoms with E-state index in [-0.39, 0.29) is 11.4 Å². The molecule has 0 fully saturated rings. The van der Waals surface area contributed by atoms with E-state index in [1.807, 2.05) is 13.1 Å². The van der Waals surface area contributed by atoms with Gasteiger partial charge in [0.15, 0.2) is 0 Å². The third-order valence-corrected chi connectivity index (χ3v) is 5.19. The van der Waals surface area contributed by atoms with Gasteiger partial charge >= 0.3 is 0 Å². The molecule has 0 bridgehead atoms. The van der Waals surface area contributed by atoms with Crippen molar-refractivity contribution in [2.24, 2.45) is 5.73 Å². The van der Waals surface area contributed by atoms with Crippen LogP contribution in [0.15, 0.2) is 28.7 Å². The standard InChI is InChI=1S/C11H16N4O2S2/c1-9-7-13-15(8-9)4-3-14-19(16,17)11-2-5-18-10(11)6-12/h2,5,7-8,14H,3-4,6,12H2,1H3. The van der Waals surface area contributed by atoms with E-state index in [4.69, 9.17) is 5.73 Å². The molecule has 19 heavy (non-hydrogen) atoms. The lowest BCUT2D eigenvalue weighted by Crippen LogP contribution is -2.28. The van der Waals surface area contributed by atoms with Crippen LogP contribution in [0.3, 0.4) is 0 Å². The third kappa shape index (κ3) is 3.41. The summed E-state index contributed by atoms with van der Waals surface area (Å²) in [5, 5.41) is 5.83. The summed E-state index contributed by atoms with van der Waals surface area (Å²) in [6.07, 6.45) is 3.60. The van der Waals surface area contributed by atoms with Crippen molar-refractivity contribution in [3.05, 3.63) is 34.3 Å². The van der Waals surface area contributed by atoms with Gasteiger partial charge in [-0.3, -0.25) is 4.68 Å². The highest BCUT2D eigenvalue weighted by Gasteiger charge is 2.18. The van der Waals surface area contributed by atoms with Gasteiger partial charge in [0, 0.05) is 24.2 Å². The Balaban J connectivity index is 1.98. The van der Waals surface area contributed by atoms with Crippen molar-refractivity contribution in [3.8, 4) is 0 Å². The number of thiophene rings is 1. The Morgan fingerprint density at radius 2 is 2.32 bits per heavy atom. The Hall–Kier alpha value is -1.22. The smallest absolute Gasteiger partial charge is 0.241 e. The number of nitrogens with two attached hydrogens (primary N) is 1. The average molecular weight is 300 g/mol. The number of nitrogens with one attached hydrogen (secondary N) is 1. The summed E-state index contributed by atoms with van der Waals surface area (Å²) in [5.74, 6) is 0. The molecular formula is C11H16N4O2S2. The first-order valence-electron chi connectivity index (χ1n) is 5.78. The number of aryl methyl sites for hydroxylation is 1. The normalized spacial score (nSPS) is 11.9. The molecule has 104 valence electrons. The number of nitrogens with zero attached hydrogens (tertiary/aromatic N) is 2. The van der Waals surface area contributed by atoms with Crippen LogP contribution in [-0.2, 0) is 23.1 Å². The van der Waals surface area contributed by atoms with Gasteiger partial charge in [-0.25, -0.2) is 13.1 Å². The van der Waals surface area contributed by atoms with Crippen LogP contribution in [0.5, 0.6) is 0 Å². The van der Waals surface area contributed by atoms with Crippen LogP contribution >= 0.6 is 11.3 Å². The van der Waals surface area contributed by atoms with Crippen LogP contribution in [0.1, 0.15) is 10.4 Å². The molecule has 0 aliphatic rings. The maximum Gasteiger partial charge on any atom is 0.241 e. The van der Waals surface area contributed by atoms with Crippen LogP contribution in [0.4, 0.5) is 0 Å². The van der Waals surface area contributed by atoms with E-state index in [9.17, 15) is 8.42 Å². The van der Waals surface area contributed by atoms with Crippen molar-refractivity contribution in [3.63, 3.8) is 0 Å². The molecule has 0 aromatic carbocycles. The first-order valence-corrected chi connectivity index (χ1v) is 8.14. The van der Waals surface area contributed by atoms with Crippen LogP contribution < -0.4 is 10.5 Å². The molecule has 0 saturated carbocycles. The van der Waals surface area contributed by atoms with Crippen molar-refractivity contribution in [2.45, 2.75) is 24.9 Å². The molecule has 2 heterocycles. The topological polar surface area (TPSA) is 90.0 Å². The first kappa shape index (κ1) is 14.2. The Bertz CT molecular complexity index is 645. The summed E-state index contributed by atoms with van der Waals surface area (Å²) in [6.45, 7) is 2.96. The van der Waals surface area contributed by atoms with Crippen molar-refractivity contribution >= 4 is 21.4 Å². The van der Waals surface area contributed by atoms with E-state index in [0.717, 1.165) is 5.56 Å². The minimum absolute atomic E-state index is 0.228. The fourth-order valence-corrected chi connectivity index (χ4v) is 4.03. The maximum absolute atomic E-state index is 12.1. The molecule has 6 nitrogen and oxygen atoms in total. The quantitative estimate of drug-likeness (QED) is 0.821. The molecule has 8 heteroatoms. The highest BCUT2D eigenvalue weighted by atomic mass is 32.2. The summed E-state index contributed by atoms with van der Waals surface area (Å²) >= 11 is 1.35. The molecule has 2 aromatic rings. The van der Waals surface area contributed by atoms with Gasteiger partial charge in [0.05, 0.1) is 17.6 Å². The van der Waals surface area contributed by atoms with Gasteiger partial charge < -0.3 is 5.73 Å². The Labute approximate surface area is 116 Å². The lowest BCUT2D eigenvalue weighted by Gasteiger charge is -2.07. The molecule has 3 N–H and O–H groups in total. The molecule has 0 saturated heterocycles. The second-order valence-electron chi connectivity index (χ2n) is 4.09. The molecule has 2 aromatic heterocycles. The first-order chi connectivity index (χ1) is 9.03. The van der Waals surface area contributed by atoms with E-state index in [0.29, 0.717) is 18.0 Å². The van der Waals surface area contributed by atoms with Gasteiger partial charge in [0.2, 0.25) is 10.0 Å². The number of hydrogen-bond acceptors (Lipinski definition) is 5. The number of sulfonamides is 1.